The Bertz CT molecular complexity index is 472. The highest BCUT2D eigenvalue weighted by atomic mass is 16.5. The van der Waals surface area contributed by atoms with Crippen LogP contribution in [0.25, 0.3) is 0 Å². The Kier molecular flexibility index (Phi) is 4.45. The Balaban J connectivity index is 2.15. The molecule has 1 aliphatic rings. The second-order valence-corrected chi connectivity index (χ2v) is 5.72. The van der Waals surface area contributed by atoms with Crippen molar-refractivity contribution in [1.82, 2.24) is 14.7 Å². The average molecular weight is 281 g/mol. The molecule has 0 aromatic carbocycles. The monoisotopic (exact) mass is 281 g/mol. The number of likely N-dealkylation sites (tertiary alicyclic amines) is 1. The summed E-state index contributed by atoms with van der Waals surface area (Å²) in [5, 5.41) is 13.9. The van der Waals surface area contributed by atoms with Crippen molar-refractivity contribution >= 4 is 5.97 Å². The van der Waals surface area contributed by atoms with Crippen molar-refractivity contribution in [2.45, 2.75) is 44.8 Å². The number of hydrogen-bond acceptors (Lipinski definition) is 4. The van der Waals surface area contributed by atoms with Crippen LogP contribution >= 0.6 is 0 Å². The summed E-state index contributed by atoms with van der Waals surface area (Å²) in [5.41, 5.74) is 0.150. The standard InChI is InChI=1S/C14H23N3O3/c1-11(2)17-9-12(7-15-17)8-16-6-4-5-14(16,10-20-3)13(18)19/h7,9,11H,4-6,8,10H2,1-3H3,(H,18,19). The Morgan fingerprint density at radius 2 is 2.35 bits per heavy atom. The van der Waals surface area contributed by atoms with Crippen LogP contribution in [0.5, 0.6) is 0 Å². The number of methoxy groups -OCH3 is 1. The molecule has 6 heteroatoms. The summed E-state index contributed by atoms with van der Waals surface area (Å²) in [7, 11) is 1.55. The van der Waals surface area contributed by atoms with Crippen LogP contribution < -0.4 is 0 Å². The second-order valence-electron chi connectivity index (χ2n) is 5.72. The number of carboxylic acids is 1. The number of ether oxygens (including phenoxy) is 1. The first-order chi connectivity index (χ1) is 9.49. The summed E-state index contributed by atoms with van der Waals surface area (Å²) in [5.74, 6) is -0.798. The number of hydrogen-bond donors (Lipinski definition) is 1. The largest absolute Gasteiger partial charge is 0.480 e. The molecule has 2 rings (SSSR count). The van der Waals surface area contributed by atoms with Gasteiger partial charge in [-0.3, -0.25) is 14.4 Å². The van der Waals surface area contributed by atoms with E-state index in [2.05, 4.69) is 18.9 Å². The molecule has 1 fully saturated rings. The van der Waals surface area contributed by atoms with E-state index in [-0.39, 0.29) is 6.61 Å². The Morgan fingerprint density at radius 3 is 2.90 bits per heavy atom. The number of carboxylic acid groups (broad SMARTS) is 1. The number of rotatable bonds is 6. The van der Waals surface area contributed by atoms with Crippen LogP contribution in [0.4, 0.5) is 0 Å². The van der Waals surface area contributed by atoms with Gasteiger partial charge in [0.05, 0.1) is 12.8 Å². The zero-order chi connectivity index (χ0) is 14.8. The summed E-state index contributed by atoms with van der Waals surface area (Å²) >= 11 is 0. The highest BCUT2D eigenvalue weighted by Gasteiger charge is 2.47. The van der Waals surface area contributed by atoms with E-state index in [0.29, 0.717) is 19.0 Å². The average Bonchev–Trinajstić information content (AvgIpc) is 2.99. The van der Waals surface area contributed by atoms with Crippen molar-refractivity contribution in [2.24, 2.45) is 0 Å². The minimum absolute atomic E-state index is 0.223. The zero-order valence-electron chi connectivity index (χ0n) is 12.4. The van der Waals surface area contributed by atoms with E-state index >= 15 is 0 Å². The van der Waals surface area contributed by atoms with Crippen molar-refractivity contribution < 1.29 is 14.6 Å². The van der Waals surface area contributed by atoms with Gasteiger partial charge >= 0.3 is 5.97 Å². The molecule has 0 amide bonds. The summed E-state index contributed by atoms with van der Waals surface area (Å²) < 4.78 is 7.05. The lowest BCUT2D eigenvalue weighted by Gasteiger charge is -2.33. The molecule has 0 aliphatic carbocycles. The van der Waals surface area contributed by atoms with Crippen molar-refractivity contribution in [2.75, 3.05) is 20.3 Å². The van der Waals surface area contributed by atoms with Crippen LogP contribution in [-0.2, 0) is 16.1 Å². The molecule has 0 radical (unpaired) electrons. The molecule has 20 heavy (non-hydrogen) atoms. The maximum atomic E-state index is 11.7. The lowest BCUT2D eigenvalue weighted by atomic mass is 9.97. The molecule has 112 valence electrons. The fourth-order valence-electron chi connectivity index (χ4n) is 2.83. The molecule has 1 aliphatic heterocycles. The molecule has 1 atom stereocenters. The fraction of sp³-hybridized carbons (Fsp3) is 0.714. The van der Waals surface area contributed by atoms with E-state index in [1.807, 2.05) is 22.0 Å². The SMILES string of the molecule is COCC1(C(=O)O)CCCN1Cc1cnn(C(C)C)c1. The number of aliphatic carboxylic acids is 1. The minimum atomic E-state index is -0.894. The Hall–Kier alpha value is -1.40. The predicted octanol–water partition coefficient (Wildman–Crippen LogP) is 1.53. The smallest absolute Gasteiger partial charge is 0.326 e. The third-order valence-electron chi connectivity index (χ3n) is 3.96. The summed E-state index contributed by atoms with van der Waals surface area (Å²) in [6, 6.07) is 0.311. The van der Waals surface area contributed by atoms with E-state index in [1.165, 1.54) is 0 Å². The third kappa shape index (κ3) is 2.71. The van der Waals surface area contributed by atoms with Gasteiger partial charge in [0, 0.05) is 31.5 Å². The molecule has 1 aromatic rings. The third-order valence-corrected chi connectivity index (χ3v) is 3.96. The van der Waals surface area contributed by atoms with Gasteiger partial charge in [0.1, 0.15) is 5.54 Å². The van der Waals surface area contributed by atoms with E-state index in [0.717, 1.165) is 18.5 Å². The van der Waals surface area contributed by atoms with Crippen LogP contribution in [0.2, 0.25) is 0 Å². The normalized spacial score (nSPS) is 23.6. The molecule has 2 heterocycles. The molecule has 1 aromatic heterocycles. The van der Waals surface area contributed by atoms with Crippen molar-refractivity contribution in [3.63, 3.8) is 0 Å². The van der Waals surface area contributed by atoms with Gasteiger partial charge in [0.15, 0.2) is 0 Å². The maximum absolute atomic E-state index is 11.7. The van der Waals surface area contributed by atoms with Gasteiger partial charge < -0.3 is 9.84 Å². The van der Waals surface area contributed by atoms with Crippen molar-refractivity contribution in [3.8, 4) is 0 Å². The molecule has 1 N–H and O–H groups in total. The summed E-state index contributed by atoms with van der Waals surface area (Å²) in [6.45, 7) is 5.74. The van der Waals surface area contributed by atoms with Gasteiger partial charge in [0.25, 0.3) is 0 Å². The van der Waals surface area contributed by atoms with Crippen molar-refractivity contribution in [3.05, 3.63) is 18.0 Å². The van der Waals surface area contributed by atoms with E-state index in [4.69, 9.17) is 4.74 Å². The van der Waals surface area contributed by atoms with E-state index in [1.54, 1.807) is 7.11 Å². The lowest BCUT2D eigenvalue weighted by Crippen LogP contribution is -2.53. The minimum Gasteiger partial charge on any atom is -0.480 e. The first-order valence-electron chi connectivity index (χ1n) is 7.00. The van der Waals surface area contributed by atoms with Gasteiger partial charge in [-0.25, -0.2) is 0 Å². The van der Waals surface area contributed by atoms with Gasteiger partial charge in [-0.15, -0.1) is 0 Å². The van der Waals surface area contributed by atoms with E-state index in [9.17, 15) is 9.90 Å². The van der Waals surface area contributed by atoms with Crippen LogP contribution in [0, 0.1) is 0 Å². The molecule has 0 saturated carbocycles. The number of aromatic nitrogens is 2. The fourth-order valence-corrected chi connectivity index (χ4v) is 2.83. The van der Waals surface area contributed by atoms with Gasteiger partial charge in [-0.1, -0.05) is 0 Å². The molecular formula is C14H23N3O3. The highest BCUT2D eigenvalue weighted by Crippen LogP contribution is 2.31. The number of carbonyl (C=O) groups is 1. The topological polar surface area (TPSA) is 67.6 Å². The molecule has 0 spiro atoms. The highest BCUT2D eigenvalue weighted by molar-refractivity contribution is 5.79. The predicted molar refractivity (Wildman–Crippen MR) is 74.5 cm³/mol. The quantitative estimate of drug-likeness (QED) is 0.856. The molecule has 1 unspecified atom stereocenters. The van der Waals surface area contributed by atoms with Gasteiger partial charge in [0.2, 0.25) is 0 Å². The Morgan fingerprint density at radius 1 is 1.60 bits per heavy atom. The van der Waals surface area contributed by atoms with Crippen LogP contribution in [0.15, 0.2) is 12.4 Å². The molecule has 6 nitrogen and oxygen atoms in total. The maximum Gasteiger partial charge on any atom is 0.326 e. The molecule has 0 bridgehead atoms. The lowest BCUT2D eigenvalue weighted by molar-refractivity contribution is -0.153. The van der Waals surface area contributed by atoms with E-state index < -0.39 is 11.5 Å². The summed E-state index contributed by atoms with van der Waals surface area (Å²) in [4.78, 5) is 13.7. The molecular weight excluding hydrogens is 258 g/mol. The summed E-state index contributed by atoms with van der Waals surface area (Å²) in [6.07, 6.45) is 5.32. The van der Waals surface area contributed by atoms with Crippen LogP contribution in [-0.4, -0.2) is 51.6 Å². The first kappa shape index (κ1) is 15.0. The number of nitrogens with zero attached hydrogens (tertiary/aromatic N) is 3. The Labute approximate surface area is 119 Å². The zero-order valence-corrected chi connectivity index (χ0v) is 12.4. The molecule has 1 saturated heterocycles. The van der Waals surface area contributed by atoms with Gasteiger partial charge in [-0.05, 0) is 33.2 Å². The van der Waals surface area contributed by atoms with Crippen LogP contribution in [0.1, 0.15) is 38.3 Å². The van der Waals surface area contributed by atoms with Crippen LogP contribution in [0.3, 0.4) is 0 Å². The second kappa shape index (κ2) is 5.93. The van der Waals surface area contributed by atoms with Gasteiger partial charge in [-0.2, -0.15) is 5.10 Å². The first-order valence-corrected chi connectivity index (χ1v) is 7.00. The van der Waals surface area contributed by atoms with Crippen molar-refractivity contribution in [1.29, 1.82) is 0 Å².